The van der Waals surface area contributed by atoms with Crippen molar-refractivity contribution in [2.24, 2.45) is 0 Å². The Morgan fingerprint density at radius 2 is 1.88 bits per heavy atom. The first kappa shape index (κ1) is 21.0. The van der Waals surface area contributed by atoms with Crippen molar-refractivity contribution in [1.82, 2.24) is 19.4 Å². The van der Waals surface area contributed by atoms with Gasteiger partial charge in [-0.3, -0.25) is 14.2 Å². The fourth-order valence-corrected chi connectivity index (χ4v) is 6.62. The number of para-hydroxylation sites is 2. The Kier molecular flexibility index (Phi) is 4.44. The maximum atomic E-state index is 14.3. The molecule has 2 atom stereocenters. The van der Waals surface area contributed by atoms with Gasteiger partial charge in [0.25, 0.3) is 11.5 Å². The van der Waals surface area contributed by atoms with Crippen LogP contribution in [0.5, 0.6) is 0 Å². The van der Waals surface area contributed by atoms with Gasteiger partial charge in [-0.25, -0.2) is 9.78 Å². The Bertz CT molecular complexity index is 1560. The average molecular weight is 475 g/mol. The Morgan fingerprint density at radius 1 is 1.15 bits per heavy atom. The Hall–Kier alpha value is -3.59. The highest BCUT2D eigenvalue weighted by atomic mass is 32.2. The second-order valence-corrected chi connectivity index (χ2v) is 10.3. The maximum Gasteiger partial charge on any atom is 0.342 e. The van der Waals surface area contributed by atoms with E-state index in [9.17, 15) is 14.4 Å². The molecule has 1 amide bonds. The number of nitrogens with zero attached hydrogens (tertiary/aromatic N) is 3. The standard InChI is InChI=1S/C25H22N4O4S/c1-24-21-27-19-10-6-4-8-17(19)20(30)29(21)25(23(32)33-2,22(31)28(24)11-12-34-24)13-15-14-26-18-9-5-3-7-16(15)18/h3-10,14,26H,11-13H2,1-2H3/t24-,25+/m0/s1. The van der Waals surface area contributed by atoms with E-state index in [0.29, 0.717) is 29.0 Å². The van der Waals surface area contributed by atoms with Crippen LogP contribution in [0.15, 0.2) is 59.5 Å². The molecule has 172 valence electrons. The molecule has 9 heteroatoms. The first-order valence-corrected chi connectivity index (χ1v) is 12.0. The van der Waals surface area contributed by atoms with Crippen LogP contribution in [0.1, 0.15) is 18.3 Å². The lowest BCUT2D eigenvalue weighted by Gasteiger charge is -2.47. The van der Waals surface area contributed by atoms with E-state index in [4.69, 9.17) is 9.72 Å². The van der Waals surface area contributed by atoms with Crippen molar-refractivity contribution in [3.63, 3.8) is 0 Å². The number of methoxy groups -OCH3 is 1. The van der Waals surface area contributed by atoms with Crippen LogP contribution in [-0.4, -0.2) is 50.7 Å². The highest BCUT2D eigenvalue weighted by molar-refractivity contribution is 8.00. The van der Waals surface area contributed by atoms with Gasteiger partial charge in [0, 0.05) is 35.8 Å². The molecule has 0 radical (unpaired) electrons. The number of carbonyl (C=O) groups excluding carboxylic acids is 2. The molecular weight excluding hydrogens is 452 g/mol. The summed E-state index contributed by atoms with van der Waals surface area (Å²) in [6.45, 7) is 2.35. The van der Waals surface area contributed by atoms with Crippen LogP contribution in [0, 0.1) is 0 Å². The third-order valence-electron chi connectivity index (χ3n) is 7.03. The summed E-state index contributed by atoms with van der Waals surface area (Å²) < 4.78 is 6.56. The number of hydrogen-bond donors (Lipinski definition) is 1. The predicted octanol–water partition coefficient (Wildman–Crippen LogP) is 2.75. The number of aromatic nitrogens is 3. The number of nitrogens with one attached hydrogen (secondary N) is 1. The fourth-order valence-electron chi connectivity index (χ4n) is 5.35. The van der Waals surface area contributed by atoms with Gasteiger partial charge in [-0.05, 0) is 30.7 Å². The van der Waals surface area contributed by atoms with E-state index in [-0.39, 0.29) is 6.42 Å². The van der Waals surface area contributed by atoms with Crippen molar-refractivity contribution < 1.29 is 14.3 Å². The Balaban J connectivity index is 1.72. The number of amides is 1. The minimum atomic E-state index is -1.91. The number of thioether (sulfide) groups is 1. The van der Waals surface area contributed by atoms with Gasteiger partial charge in [0.2, 0.25) is 5.54 Å². The molecule has 1 N–H and O–H groups in total. The number of rotatable bonds is 3. The molecule has 0 aliphatic carbocycles. The number of esters is 1. The highest BCUT2D eigenvalue weighted by Gasteiger charge is 2.63. The van der Waals surface area contributed by atoms with Gasteiger partial charge in [0.15, 0.2) is 0 Å². The lowest BCUT2D eigenvalue weighted by molar-refractivity contribution is -0.166. The van der Waals surface area contributed by atoms with E-state index < -0.39 is 27.8 Å². The van der Waals surface area contributed by atoms with Gasteiger partial charge < -0.3 is 14.6 Å². The third-order valence-corrected chi connectivity index (χ3v) is 8.38. The van der Waals surface area contributed by atoms with E-state index in [2.05, 4.69) is 4.98 Å². The minimum Gasteiger partial charge on any atom is -0.467 e. The molecule has 2 aliphatic rings. The van der Waals surface area contributed by atoms with Crippen molar-refractivity contribution in [3.05, 3.63) is 76.5 Å². The van der Waals surface area contributed by atoms with Gasteiger partial charge in [-0.15, -0.1) is 11.8 Å². The molecule has 4 aromatic rings. The monoisotopic (exact) mass is 474 g/mol. The summed E-state index contributed by atoms with van der Waals surface area (Å²) in [7, 11) is 1.25. The van der Waals surface area contributed by atoms with Crippen LogP contribution < -0.4 is 5.56 Å². The lowest BCUT2D eigenvalue weighted by atomic mass is 9.85. The van der Waals surface area contributed by atoms with Gasteiger partial charge in [0.1, 0.15) is 10.7 Å². The molecule has 1 saturated heterocycles. The van der Waals surface area contributed by atoms with E-state index >= 15 is 0 Å². The first-order chi connectivity index (χ1) is 16.4. The second-order valence-electron chi connectivity index (χ2n) is 8.77. The van der Waals surface area contributed by atoms with Crippen molar-refractivity contribution in [1.29, 1.82) is 0 Å². The second kappa shape index (κ2) is 7.20. The van der Waals surface area contributed by atoms with E-state index in [1.807, 2.05) is 37.3 Å². The molecule has 0 saturated carbocycles. The lowest BCUT2D eigenvalue weighted by Crippen LogP contribution is -2.68. The molecule has 2 aromatic heterocycles. The third kappa shape index (κ3) is 2.55. The van der Waals surface area contributed by atoms with Crippen molar-refractivity contribution >= 4 is 45.4 Å². The van der Waals surface area contributed by atoms with Crippen LogP contribution in [0.25, 0.3) is 21.8 Å². The van der Waals surface area contributed by atoms with Gasteiger partial charge in [0.05, 0.1) is 18.0 Å². The summed E-state index contributed by atoms with van der Waals surface area (Å²) >= 11 is 1.55. The highest BCUT2D eigenvalue weighted by Crippen LogP contribution is 2.50. The zero-order valence-electron chi connectivity index (χ0n) is 18.7. The number of ether oxygens (including phenoxy) is 1. The smallest absolute Gasteiger partial charge is 0.342 e. The first-order valence-electron chi connectivity index (χ1n) is 11.0. The van der Waals surface area contributed by atoms with Crippen molar-refractivity contribution in [2.45, 2.75) is 23.8 Å². The molecular formula is C25H22N4O4S. The van der Waals surface area contributed by atoms with Gasteiger partial charge in [-0.2, -0.15) is 0 Å². The Morgan fingerprint density at radius 3 is 2.68 bits per heavy atom. The van der Waals surface area contributed by atoms with E-state index in [0.717, 1.165) is 16.5 Å². The fraction of sp³-hybridized carbons (Fsp3) is 0.280. The van der Waals surface area contributed by atoms with E-state index in [1.165, 1.54) is 11.7 Å². The van der Waals surface area contributed by atoms with Crippen LogP contribution in [0.4, 0.5) is 0 Å². The van der Waals surface area contributed by atoms with Crippen LogP contribution >= 0.6 is 11.8 Å². The number of fused-ring (bicyclic) bond motifs is 5. The van der Waals surface area contributed by atoms with Crippen LogP contribution in [0.3, 0.4) is 0 Å². The molecule has 4 heterocycles. The number of hydrogen-bond acceptors (Lipinski definition) is 6. The van der Waals surface area contributed by atoms with Crippen LogP contribution in [0.2, 0.25) is 0 Å². The topological polar surface area (TPSA) is 97.3 Å². The summed E-state index contributed by atoms with van der Waals surface area (Å²) in [6.07, 6.45) is 1.75. The summed E-state index contributed by atoms with van der Waals surface area (Å²) in [4.78, 5) is 50.8. The quantitative estimate of drug-likeness (QED) is 0.362. The zero-order chi connectivity index (χ0) is 23.7. The average Bonchev–Trinajstić information content (AvgIpc) is 3.45. The normalized spacial score (nSPS) is 23.8. The summed E-state index contributed by atoms with van der Waals surface area (Å²) in [5.74, 6) is -0.149. The Labute approximate surface area is 198 Å². The summed E-state index contributed by atoms with van der Waals surface area (Å²) in [5, 5.41) is 1.23. The zero-order valence-corrected chi connectivity index (χ0v) is 19.5. The molecule has 0 spiro atoms. The van der Waals surface area contributed by atoms with Gasteiger partial charge >= 0.3 is 5.97 Å². The molecule has 6 rings (SSSR count). The maximum absolute atomic E-state index is 14.3. The molecule has 2 aromatic carbocycles. The molecule has 0 unspecified atom stereocenters. The molecule has 8 nitrogen and oxygen atoms in total. The molecule has 1 fully saturated rings. The van der Waals surface area contributed by atoms with E-state index in [1.54, 1.807) is 41.1 Å². The van der Waals surface area contributed by atoms with Crippen LogP contribution in [-0.2, 0) is 31.2 Å². The van der Waals surface area contributed by atoms with Crippen molar-refractivity contribution in [3.8, 4) is 0 Å². The predicted molar refractivity (Wildman–Crippen MR) is 130 cm³/mol. The number of benzene rings is 2. The minimum absolute atomic E-state index is 0.0350. The largest absolute Gasteiger partial charge is 0.467 e. The number of carbonyl (C=O) groups is 2. The van der Waals surface area contributed by atoms with Crippen molar-refractivity contribution in [2.75, 3.05) is 19.4 Å². The molecule has 0 bridgehead atoms. The molecule has 2 aliphatic heterocycles. The SMILES string of the molecule is COC(=O)[C@@]1(Cc2c[nH]c3ccccc23)C(=O)N2CCS[C@@]2(C)c2nc3ccccc3c(=O)n21. The summed E-state index contributed by atoms with van der Waals surface area (Å²) in [6, 6.07) is 14.7. The summed E-state index contributed by atoms with van der Waals surface area (Å²) in [5.41, 5.74) is -0.171. The van der Waals surface area contributed by atoms with Gasteiger partial charge in [-0.1, -0.05) is 30.3 Å². The molecule has 34 heavy (non-hydrogen) atoms. The number of H-pyrrole nitrogens is 1. The number of aromatic amines is 1.